The van der Waals surface area contributed by atoms with Crippen molar-refractivity contribution in [2.45, 2.75) is 0 Å². The van der Waals surface area contributed by atoms with Gasteiger partial charge >= 0.3 is 0 Å². The molecule has 0 amide bonds. The van der Waals surface area contributed by atoms with Crippen LogP contribution in [0, 0.1) is 22.7 Å². The number of nitriles is 2. The molecule has 0 aliphatic heterocycles. The Hall–Kier alpha value is -6.36. The van der Waals surface area contributed by atoms with E-state index in [9.17, 15) is 10.5 Å². The van der Waals surface area contributed by atoms with Gasteiger partial charge in [-0.25, -0.2) is 0 Å². The maximum absolute atomic E-state index is 9.23. The van der Waals surface area contributed by atoms with E-state index >= 15 is 0 Å². The van der Waals surface area contributed by atoms with Gasteiger partial charge in [-0.3, -0.25) is 0 Å². The van der Waals surface area contributed by atoms with Gasteiger partial charge in [0, 0.05) is 34.1 Å². The second-order valence-corrected chi connectivity index (χ2v) is 10.2. The van der Waals surface area contributed by atoms with E-state index < -0.39 is 0 Å². The van der Waals surface area contributed by atoms with Crippen molar-refractivity contribution in [1.82, 2.24) is 0 Å². The van der Waals surface area contributed by atoms with Crippen LogP contribution in [0.2, 0.25) is 0 Å². The third-order valence-corrected chi connectivity index (χ3v) is 7.31. The molecular weight excluding hydrogens is 536 g/mol. The molecule has 0 atom stereocenters. The van der Waals surface area contributed by atoms with E-state index in [2.05, 4.69) is 107 Å². The normalized spacial score (nSPS) is 10.6. The number of rotatable bonds is 8. The lowest BCUT2D eigenvalue weighted by Crippen LogP contribution is -2.09. The van der Waals surface area contributed by atoms with Crippen molar-refractivity contribution in [3.8, 4) is 12.1 Å². The largest absolute Gasteiger partial charge is 0.311 e. The van der Waals surface area contributed by atoms with E-state index in [-0.39, 0.29) is 0 Å². The molecule has 0 saturated carbocycles. The molecule has 0 aromatic heterocycles. The van der Waals surface area contributed by atoms with Crippen molar-refractivity contribution in [3.63, 3.8) is 0 Å². The summed E-state index contributed by atoms with van der Waals surface area (Å²) in [5.74, 6) is 0. The Morgan fingerprint density at radius 2 is 0.614 bits per heavy atom. The van der Waals surface area contributed by atoms with Crippen LogP contribution in [0.4, 0.5) is 34.1 Å². The first-order chi connectivity index (χ1) is 21.7. The SMILES string of the molecule is N#Cc1ccc(N(c2ccccc2)c2ccc(/C=C/c3ccc(N(c4ccccc4)c4ccc(C#N)cc4)cc3)cc2)cc1. The van der Waals surface area contributed by atoms with Crippen LogP contribution < -0.4 is 9.80 Å². The van der Waals surface area contributed by atoms with Crippen LogP contribution in [0.15, 0.2) is 158 Å². The highest BCUT2D eigenvalue weighted by molar-refractivity contribution is 5.80. The number of para-hydroxylation sites is 2. The van der Waals surface area contributed by atoms with E-state index in [1.165, 1.54) is 0 Å². The summed E-state index contributed by atoms with van der Waals surface area (Å²) in [6, 6.07) is 57.0. The van der Waals surface area contributed by atoms with E-state index in [1.54, 1.807) is 0 Å². The second-order valence-electron chi connectivity index (χ2n) is 10.2. The Balaban J connectivity index is 1.23. The Labute approximate surface area is 258 Å². The van der Waals surface area contributed by atoms with Gasteiger partial charge in [0.1, 0.15) is 0 Å². The fraction of sp³-hybridized carbons (Fsp3) is 0. The van der Waals surface area contributed by atoms with Gasteiger partial charge in [0.2, 0.25) is 0 Å². The van der Waals surface area contributed by atoms with E-state index in [0.29, 0.717) is 11.1 Å². The topological polar surface area (TPSA) is 54.1 Å². The summed E-state index contributed by atoms with van der Waals surface area (Å²) >= 11 is 0. The summed E-state index contributed by atoms with van der Waals surface area (Å²) in [6.45, 7) is 0. The second kappa shape index (κ2) is 13.1. The van der Waals surface area contributed by atoms with Crippen LogP contribution in [0.3, 0.4) is 0 Å². The van der Waals surface area contributed by atoms with Crippen LogP contribution in [0.25, 0.3) is 12.2 Å². The molecule has 6 rings (SSSR count). The molecule has 0 saturated heterocycles. The molecule has 44 heavy (non-hydrogen) atoms. The van der Waals surface area contributed by atoms with Crippen LogP contribution in [-0.4, -0.2) is 0 Å². The number of anilines is 6. The molecule has 0 spiro atoms. The standard InChI is InChI=1S/C40H28N4/c41-29-33-17-25-39(26-18-33)43(35-7-3-1-4-8-35)37-21-13-31(14-22-37)11-12-32-15-23-38(24-16-32)44(36-9-5-2-6-10-36)40-27-19-34(30-42)20-28-40/h1-28H/b12-11+. The third kappa shape index (κ3) is 6.26. The zero-order chi connectivity index (χ0) is 30.1. The van der Waals surface area contributed by atoms with Gasteiger partial charge in [-0.05, 0) is 108 Å². The number of benzene rings is 6. The highest BCUT2D eigenvalue weighted by Crippen LogP contribution is 2.36. The van der Waals surface area contributed by atoms with Crippen molar-refractivity contribution in [1.29, 1.82) is 10.5 Å². The van der Waals surface area contributed by atoms with E-state index in [1.807, 2.05) is 84.9 Å². The van der Waals surface area contributed by atoms with Crippen LogP contribution in [0.1, 0.15) is 22.3 Å². The Morgan fingerprint density at radius 3 is 0.909 bits per heavy atom. The van der Waals surface area contributed by atoms with Crippen molar-refractivity contribution in [2.24, 2.45) is 0 Å². The van der Waals surface area contributed by atoms with Crippen LogP contribution >= 0.6 is 0 Å². The molecule has 4 nitrogen and oxygen atoms in total. The van der Waals surface area contributed by atoms with Crippen LogP contribution in [-0.2, 0) is 0 Å². The Morgan fingerprint density at radius 1 is 0.341 bits per heavy atom. The average Bonchev–Trinajstić information content (AvgIpc) is 3.10. The first-order valence-corrected chi connectivity index (χ1v) is 14.3. The van der Waals surface area contributed by atoms with Gasteiger partial charge in [-0.1, -0.05) is 72.8 Å². The fourth-order valence-electron chi connectivity index (χ4n) is 5.08. The zero-order valence-electron chi connectivity index (χ0n) is 24.0. The summed E-state index contributed by atoms with van der Waals surface area (Å²) in [5, 5.41) is 18.5. The van der Waals surface area contributed by atoms with Crippen molar-refractivity contribution in [3.05, 3.63) is 180 Å². The minimum absolute atomic E-state index is 0.636. The minimum Gasteiger partial charge on any atom is -0.311 e. The summed E-state index contributed by atoms with van der Waals surface area (Å²) in [4.78, 5) is 4.36. The number of hydrogen-bond acceptors (Lipinski definition) is 4. The van der Waals surface area contributed by atoms with E-state index in [4.69, 9.17) is 0 Å². The smallest absolute Gasteiger partial charge is 0.0991 e. The maximum atomic E-state index is 9.23. The van der Waals surface area contributed by atoms with Gasteiger partial charge in [0.15, 0.2) is 0 Å². The minimum atomic E-state index is 0.636. The molecular formula is C40H28N4. The zero-order valence-corrected chi connectivity index (χ0v) is 24.0. The molecule has 0 aliphatic rings. The molecule has 0 fully saturated rings. The fourth-order valence-corrected chi connectivity index (χ4v) is 5.08. The number of nitrogens with zero attached hydrogens (tertiary/aromatic N) is 4. The summed E-state index contributed by atoms with van der Waals surface area (Å²) in [7, 11) is 0. The monoisotopic (exact) mass is 564 g/mol. The van der Waals surface area contributed by atoms with Gasteiger partial charge in [-0.2, -0.15) is 10.5 Å². The predicted octanol–water partition coefficient (Wildman–Crippen LogP) is 10.5. The summed E-state index contributed by atoms with van der Waals surface area (Å²) < 4.78 is 0. The highest BCUT2D eigenvalue weighted by Gasteiger charge is 2.13. The van der Waals surface area contributed by atoms with Gasteiger partial charge in [0.05, 0.1) is 23.3 Å². The first kappa shape index (κ1) is 27.8. The molecule has 208 valence electrons. The number of hydrogen-bond donors (Lipinski definition) is 0. The predicted molar refractivity (Wildman–Crippen MR) is 181 cm³/mol. The van der Waals surface area contributed by atoms with Crippen molar-refractivity contribution < 1.29 is 0 Å². The van der Waals surface area contributed by atoms with Crippen LogP contribution in [0.5, 0.6) is 0 Å². The van der Waals surface area contributed by atoms with Gasteiger partial charge < -0.3 is 9.80 Å². The molecule has 0 bridgehead atoms. The summed E-state index contributed by atoms with van der Waals surface area (Å²) in [6.07, 6.45) is 4.23. The molecule has 0 N–H and O–H groups in total. The highest BCUT2D eigenvalue weighted by atomic mass is 15.1. The van der Waals surface area contributed by atoms with Crippen molar-refractivity contribution in [2.75, 3.05) is 9.80 Å². The lowest BCUT2D eigenvalue weighted by molar-refractivity contribution is 1.28. The maximum Gasteiger partial charge on any atom is 0.0991 e. The summed E-state index contributed by atoms with van der Waals surface area (Å²) in [5.41, 5.74) is 9.60. The molecule has 0 aliphatic carbocycles. The van der Waals surface area contributed by atoms with Gasteiger partial charge in [-0.15, -0.1) is 0 Å². The molecule has 6 aromatic carbocycles. The Bertz CT molecular complexity index is 1780. The Kier molecular flexibility index (Phi) is 8.26. The third-order valence-electron chi connectivity index (χ3n) is 7.31. The lowest BCUT2D eigenvalue weighted by atomic mass is 10.1. The van der Waals surface area contributed by atoms with Gasteiger partial charge in [0.25, 0.3) is 0 Å². The van der Waals surface area contributed by atoms with E-state index in [0.717, 1.165) is 45.3 Å². The molecule has 0 unspecified atom stereocenters. The lowest BCUT2D eigenvalue weighted by Gasteiger charge is -2.25. The first-order valence-electron chi connectivity index (χ1n) is 14.3. The average molecular weight is 565 g/mol. The molecule has 4 heteroatoms. The van der Waals surface area contributed by atoms with Crippen molar-refractivity contribution >= 4 is 46.3 Å². The molecule has 0 radical (unpaired) electrons. The molecule has 0 heterocycles. The quantitative estimate of drug-likeness (QED) is 0.173. The molecule has 6 aromatic rings.